The Morgan fingerprint density at radius 3 is 2.16 bits per heavy atom. The van der Waals surface area contributed by atoms with Gasteiger partial charge in [0.1, 0.15) is 0 Å². The van der Waals surface area contributed by atoms with Crippen LogP contribution in [-0.2, 0) is 0 Å². The molecule has 0 atom stereocenters. The third-order valence-electron chi connectivity index (χ3n) is 3.74. The smallest absolute Gasteiger partial charge is 0.275 e. The molecule has 25 heavy (non-hydrogen) atoms. The van der Waals surface area contributed by atoms with Crippen LogP contribution in [-0.4, -0.2) is 15.0 Å². The summed E-state index contributed by atoms with van der Waals surface area (Å²) in [5, 5.41) is 0. The Morgan fingerprint density at radius 1 is 0.920 bits per heavy atom. The second kappa shape index (κ2) is 6.97. The number of aromatic nitrogens is 2. The van der Waals surface area contributed by atoms with Crippen LogP contribution in [0.5, 0.6) is 0 Å². The normalized spacial score (nSPS) is 10.9. The number of nitrogens with zero attached hydrogens (tertiary/aromatic N) is 2. The van der Waals surface area contributed by atoms with Gasteiger partial charge in [0, 0.05) is 23.5 Å². The second-order valence-corrected chi connectivity index (χ2v) is 5.54. The van der Waals surface area contributed by atoms with E-state index in [-0.39, 0.29) is 5.56 Å². The Hall–Kier alpha value is -3.47. The van der Waals surface area contributed by atoms with E-state index in [9.17, 15) is 14.4 Å². The highest BCUT2D eigenvalue weighted by molar-refractivity contribution is 5.95. The quantitative estimate of drug-likeness (QED) is 0.741. The third kappa shape index (κ3) is 3.40. The summed E-state index contributed by atoms with van der Waals surface area (Å²) >= 11 is 0. The van der Waals surface area contributed by atoms with Gasteiger partial charge in [0.2, 0.25) is 0 Å². The maximum absolute atomic E-state index is 12.6. The molecule has 0 radical (unpaired) electrons. The van der Waals surface area contributed by atoms with E-state index in [1.165, 1.54) is 10.8 Å². The summed E-state index contributed by atoms with van der Waals surface area (Å²) in [7, 11) is 0. The highest BCUT2D eigenvalue weighted by Gasteiger charge is 2.16. The van der Waals surface area contributed by atoms with Gasteiger partial charge in [0.05, 0.1) is 0 Å². The molecule has 0 aliphatic carbocycles. The van der Waals surface area contributed by atoms with Gasteiger partial charge < -0.3 is 0 Å². The van der Waals surface area contributed by atoms with Crippen LogP contribution < -0.4 is 11.2 Å². The number of rotatable bonds is 3. The molecule has 0 aliphatic heterocycles. The summed E-state index contributed by atoms with van der Waals surface area (Å²) in [6, 6.07) is 17.7. The van der Waals surface area contributed by atoms with Gasteiger partial charge in [-0.25, -0.2) is 4.79 Å². The van der Waals surface area contributed by atoms with E-state index >= 15 is 0 Å². The van der Waals surface area contributed by atoms with Gasteiger partial charge in [-0.1, -0.05) is 48.5 Å². The molecule has 5 nitrogen and oxygen atoms in total. The standard InChI is InChI=1S/C20H16N2O3/c1-15-14-21(13-12-16-8-4-2-5-9-16)20(25)22(18(15)23)19(24)17-10-6-3-7-11-17/h2-14H,1H3/b13-12-. The van der Waals surface area contributed by atoms with Gasteiger partial charge in [0.15, 0.2) is 0 Å². The van der Waals surface area contributed by atoms with Crippen molar-refractivity contribution < 1.29 is 4.79 Å². The van der Waals surface area contributed by atoms with E-state index in [4.69, 9.17) is 0 Å². The minimum atomic E-state index is -0.698. The molecule has 124 valence electrons. The number of hydrogen-bond acceptors (Lipinski definition) is 3. The molecule has 3 rings (SSSR count). The van der Waals surface area contributed by atoms with Crippen LogP contribution in [0.15, 0.2) is 76.4 Å². The molecular formula is C20H16N2O3. The molecule has 0 saturated heterocycles. The van der Waals surface area contributed by atoms with Crippen molar-refractivity contribution >= 4 is 18.2 Å². The molecule has 0 amide bonds. The molecule has 0 spiro atoms. The van der Waals surface area contributed by atoms with Crippen molar-refractivity contribution in [1.29, 1.82) is 0 Å². The highest BCUT2D eigenvalue weighted by atomic mass is 16.2. The molecule has 0 unspecified atom stereocenters. The fourth-order valence-electron chi connectivity index (χ4n) is 2.42. The number of carbonyl (C=O) groups is 1. The summed E-state index contributed by atoms with van der Waals surface area (Å²) in [6.07, 6.45) is 4.71. The Morgan fingerprint density at radius 2 is 1.52 bits per heavy atom. The van der Waals surface area contributed by atoms with Crippen LogP contribution >= 0.6 is 0 Å². The predicted molar refractivity (Wildman–Crippen MR) is 97.5 cm³/mol. The topological polar surface area (TPSA) is 61.1 Å². The number of aryl methyl sites for hydroxylation is 1. The van der Waals surface area contributed by atoms with Crippen LogP contribution in [0.25, 0.3) is 12.3 Å². The molecule has 0 bridgehead atoms. The fraction of sp³-hybridized carbons (Fsp3) is 0.0500. The lowest BCUT2D eigenvalue weighted by molar-refractivity contribution is 0.0949. The van der Waals surface area contributed by atoms with Crippen molar-refractivity contribution in [2.45, 2.75) is 6.92 Å². The van der Waals surface area contributed by atoms with Crippen molar-refractivity contribution in [3.63, 3.8) is 0 Å². The molecular weight excluding hydrogens is 316 g/mol. The van der Waals surface area contributed by atoms with Gasteiger partial charge in [-0.3, -0.25) is 14.2 Å². The van der Waals surface area contributed by atoms with E-state index < -0.39 is 17.2 Å². The lowest BCUT2D eigenvalue weighted by Gasteiger charge is -2.08. The van der Waals surface area contributed by atoms with E-state index in [1.54, 1.807) is 49.5 Å². The molecule has 2 aromatic carbocycles. The summed E-state index contributed by atoms with van der Waals surface area (Å²) in [5.74, 6) is -0.638. The average molecular weight is 332 g/mol. The number of hydrogen-bond donors (Lipinski definition) is 0. The van der Waals surface area contributed by atoms with Crippen LogP contribution in [0.3, 0.4) is 0 Å². The molecule has 0 saturated carbocycles. The van der Waals surface area contributed by atoms with Gasteiger partial charge in [-0.05, 0) is 30.7 Å². The van der Waals surface area contributed by atoms with E-state index in [0.29, 0.717) is 10.1 Å². The lowest BCUT2D eigenvalue weighted by atomic mass is 10.2. The Kier molecular flexibility index (Phi) is 4.57. The molecule has 0 N–H and O–H groups in total. The minimum absolute atomic E-state index is 0.283. The summed E-state index contributed by atoms with van der Waals surface area (Å²) in [4.78, 5) is 37.6. The van der Waals surface area contributed by atoms with E-state index in [2.05, 4.69) is 0 Å². The molecule has 0 aliphatic rings. The SMILES string of the molecule is Cc1cn(/C=C\c2ccccc2)c(=O)n(C(=O)c2ccccc2)c1=O. The van der Waals surface area contributed by atoms with Crippen LogP contribution in [0.1, 0.15) is 21.5 Å². The fourth-order valence-corrected chi connectivity index (χ4v) is 2.42. The van der Waals surface area contributed by atoms with Crippen molar-refractivity contribution in [2.75, 3.05) is 0 Å². The van der Waals surface area contributed by atoms with Gasteiger partial charge >= 0.3 is 5.69 Å². The maximum atomic E-state index is 12.6. The van der Waals surface area contributed by atoms with Crippen LogP contribution in [0.4, 0.5) is 0 Å². The number of carbonyl (C=O) groups excluding carboxylic acids is 1. The maximum Gasteiger partial charge on any atom is 0.342 e. The molecule has 3 aromatic rings. The van der Waals surface area contributed by atoms with Gasteiger partial charge in [-0.15, -0.1) is 0 Å². The minimum Gasteiger partial charge on any atom is -0.275 e. The Balaban J connectivity index is 2.10. The van der Waals surface area contributed by atoms with E-state index in [1.807, 2.05) is 30.3 Å². The van der Waals surface area contributed by atoms with Crippen molar-refractivity contribution in [3.8, 4) is 0 Å². The lowest BCUT2D eigenvalue weighted by Crippen LogP contribution is -2.43. The molecule has 5 heteroatoms. The van der Waals surface area contributed by atoms with Crippen LogP contribution in [0.2, 0.25) is 0 Å². The first-order chi connectivity index (χ1) is 12.1. The van der Waals surface area contributed by atoms with Crippen molar-refractivity contribution in [3.05, 3.63) is 104 Å². The third-order valence-corrected chi connectivity index (χ3v) is 3.74. The Bertz CT molecular complexity index is 1050. The first kappa shape index (κ1) is 16.4. The second-order valence-electron chi connectivity index (χ2n) is 5.54. The molecule has 1 aromatic heterocycles. The monoisotopic (exact) mass is 332 g/mol. The van der Waals surface area contributed by atoms with Crippen LogP contribution in [0, 0.1) is 6.92 Å². The summed E-state index contributed by atoms with van der Waals surface area (Å²) in [6.45, 7) is 1.57. The largest absolute Gasteiger partial charge is 0.342 e. The predicted octanol–water partition coefficient (Wildman–Crippen LogP) is 2.63. The zero-order valence-electron chi connectivity index (χ0n) is 13.6. The van der Waals surface area contributed by atoms with Gasteiger partial charge in [-0.2, -0.15) is 4.57 Å². The highest BCUT2D eigenvalue weighted by Crippen LogP contribution is 2.03. The zero-order valence-corrected chi connectivity index (χ0v) is 13.6. The zero-order chi connectivity index (χ0) is 17.8. The average Bonchev–Trinajstić information content (AvgIpc) is 2.65. The Labute approximate surface area is 144 Å². The molecule has 1 heterocycles. The summed E-state index contributed by atoms with van der Waals surface area (Å²) in [5.41, 5.74) is 0.187. The van der Waals surface area contributed by atoms with Crippen molar-refractivity contribution in [1.82, 2.24) is 9.13 Å². The summed E-state index contributed by atoms with van der Waals surface area (Å²) < 4.78 is 1.91. The van der Waals surface area contributed by atoms with E-state index in [0.717, 1.165) is 5.56 Å². The first-order valence-corrected chi connectivity index (χ1v) is 7.76. The first-order valence-electron chi connectivity index (χ1n) is 7.76. The molecule has 0 fully saturated rings. The number of benzene rings is 2. The van der Waals surface area contributed by atoms with Crippen molar-refractivity contribution in [2.24, 2.45) is 0 Å². The van der Waals surface area contributed by atoms with Gasteiger partial charge in [0.25, 0.3) is 11.5 Å².